The number of hydrogen-bond donors (Lipinski definition) is 3. The van der Waals surface area contributed by atoms with Gasteiger partial charge in [0, 0.05) is 19.4 Å². The van der Waals surface area contributed by atoms with Gasteiger partial charge in [0.25, 0.3) is 0 Å². The molecule has 10 heteroatoms. The second kappa shape index (κ2) is 26.7. The molecule has 0 rings (SSSR count). The Labute approximate surface area is 236 Å². The Bertz CT molecular complexity index is 713. The standard InChI is InChI=1S/C29H54NO8P/c1-3-5-6-7-8-9-10-11-12-13-14-15-16-17-18-19-20-22-29(33)36-25-27(31)26-38-39(34,35)37-24-23-30-28(32)21-4-2/h8-9,11-12,27,31H,3-7,10,13-26H2,1-2H3,(H,30,32)(H,34,35)/b9-8-,12-11-. The molecule has 2 unspecified atom stereocenters. The zero-order chi connectivity index (χ0) is 29.0. The van der Waals surface area contributed by atoms with Crippen molar-refractivity contribution in [1.29, 1.82) is 0 Å². The van der Waals surface area contributed by atoms with Gasteiger partial charge >= 0.3 is 13.8 Å². The molecule has 228 valence electrons. The van der Waals surface area contributed by atoms with Crippen molar-refractivity contribution < 1.29 is 37.9 Å². The van der Waals surface area contributed by atoms with Gasteiger partial charge in [-0.3, -0.25) is 18.6 Å². The Balaban J connectivity index is 3.60. The average molecular weight is 576 g/mol. The molecule has 2 atom stereocenters. The van der Waals surface area contributed by atoms with E-state index >= 15 is 0 Å². The minimum atomic E-state index is -4.37. The summed E-state index contributed by atoms with van der Waals surface area (Å²) in [6, 6.07) is 0. The Morgan fingerprint density at radius 1 is 0.795 bits per heavy atom. The van der Waals surface area contributed by atoms with Gasteiger partial charge in [0.15, 0.2) is 0 Å². The molecule has 0 heterocycles. The highest BCUT2D eigenvalue weighted by Crippen LogP contribution is 2.42. The number of amides is 1. The summed E-state index contributed by atoms with van der Waals surface area (Å²) in [5.41, 5.74) is 0. The summed E-state index contributed by atoms with van der Waals surface area (Å²) in [6.07, 6.45) is 24.0. The quantitative estimate of drug-likeness (QED) is 0.0436. The van der Waals surface area contributed by atoms with Gasteiger partial charge in [-0.05, 0) is 44.9 Å². The predicted octanol–water partition coefficient (Wildman–Crippen LogP) is 6.53. The fourth-order valence-corrected chi connectivity index (χ4v) is 4.39. The summed E-state index contributed by atoms with van der Waals surface area (Å²) < 4.78 is 26.2. The van der Waals surface area contributed by atoms with E-state index in [4.69, 9.17) is 13.8 Å². The number of phosphoric acid groups is 1. The number of nitrogens with one attached hydrogen (secondary N) is 1. The van der Waals surface area contributed by atoms with E-state index in [9.17, 15) is 24.2 Å². The fourth-order valence-electron chi connectivity index (χ4n) is 3.63. The fraction of sp³-hybridized carbons (Fsp3) is 0.793. The first kappa shape index (κ1) is 37.5. The van der Waals surface area contributed by atoms with Crippen molar-refractivity contribution >= 4 is 19.7 Å². The van der Waals surface area contributed by atoms with Crippen LogP contribution in [-0.2, 0) is 27.9 Å². The number of rotatable bonds is 27. The molecule has 3 N–H and O–H groups in total. The SMILES string of the molecule is CCCCC/C=C\C/C=C\CCCCCCCCCC(=O)OCC(O)COP(=O)(O)OCCNC(=O)CCC. The van der Waals surface area contributed by atoms with Crippen molar-refractivity contribution in [3.8, 4) is 0 Å². The highest BCUT2D eigenvalue weighted by molar-refractivity contribution is 7.47. The Hall–Kier alpha value is -1.51. The van der Waals surface area contributed by atoms with Crippen molar-refractivity contribution in [2.24, 2.45) is 0 Å². The normalized spacial score (nSPS) is 14.1. The molecule has 0 radical (unpaired) electrons. The molecule has 1 amide bonds. The van der Waals surface area contributed by atoms with Crippen LogP contribution < -0.4 is 5.32 Å². The number of phosphoric ester groups is 1. The molecule has 0 aromatic heterocycles. The lowest BCUT2D eigenvalue weighted by molar-refractivity contribution is -0.147. The van der Waals surface area contributed by atoms with Gasteiger partial charge in [-0.15, -0.1) is 0 Å². The van der Waals surface area contributed by atoms with Gasteiger partial charge in [-0.1, -0.05) is 83.1 Å². The van der Waals surface area contributed by atoms with Crippen molar-refractivity contribution in [1.82, 2.24) is 5.32 Å². The van der Waals surface area contributed by atoms with Crippen LogP contribution in [0.4, 0.5) is 0 Å². The van der Waals surface area contributed by atoms with Crippen LogP contribution in [0.5, 0.6) is 0 Å². The molecular formula is C29H54NO8P. The highest BCUT2D eigenvalue weighted by atomic mass is 31.2. The van der Waals surface area contributed by atoms with E-state index in [2.05, 4.69) is 36.5 Å². The van der Waals surface area contributed by atoms with Crippen LogP contribution in [0.25, 0.3) is 0 Å². The number of aliphatic hydroxyl groups is 1. The smallest absolute Gasteiger partial charge is 0.463 e. The van der Waals surface area contributed by atoms with E-state index in [-0.39, 0.29) is 32.1 Å². The van der Waals surface area contributed by atoms with Crippen LogP contribution in [0.3, 0.4) is 0 Å². The molecule has 0 bridgehead atoms. The van der Waals surface area contributed by atoms with Crippen LogP contribution in [-0.4, -0.2) is 54.3 Å². The number of carbonyl (C=O) groups is 2. The lowest BCUT2D eigenvalue weighted by Crippen LogP contribution is -2.27. The average Bonchev–Trinajstić information content (AvgIpc) is 2.90. The van der Waals surface area contributed by atoms with Crippen molar-refractivity contribution in [3.05, 3.63) is 24.3 Å². The van der Waals surface area contributed by atoms with E-state index in [1.807, 2.05) is 6.92 Å². The largest absolute Gasteiger partial charge is 0.472 e. The van der Waals surface area contributed by atoms with Crippen LogP contribution in [0.2, 0.25) is 0 Å². The number of hydrogen-bond acceptors (Lipinski definition) is 7. The molecule has 0 saturated carbocycles. The van der Waals surface area contributed by atoms with Crippen LogP contribution in [0.1, 0.15) is 117 Å². The van der Waals surface area contributed by atoms with Crippen molar-refractivity contribution in [3.63, 3.8) is 0 Å². The first-order valence-electron chi connectivity index (χ1n) is 14.8. The van der Waals surface area contributed by atoms with Crippen LogP contribution >= 0.6 is 7.82 Å². The summed E-state index contributed by atoms with van der Waals surface area (Å²) in [5.74, 6) is -0.582. The third kappa shape index (κ3) is 27.8. The predicted molar refractivity (Wildman–Crippen MR) is 155 cm³/mol. The van der Waals surface area contributed by atoms with Gasteiger partial charge < -0.3 is 20.1 Å². The minimum Gasteiger partial charge on any atom is -0.463 e. The monoisotopic (exact) mass is 575 g/mol. The van der Waals surface area contributed by atoms with Gasteiger partial charge in [-0.25, -0.2) is 4.57 Å². The first-order chi connectivity index (χ1) is 18.8. The maximum absolute atomic E-state index is 11.8. The van der Waals surface area contributed by atoms with Crippen LogP contribution in [0, 0.1) is 0 Å². The van der Waals surface area contributed by atoms with E-state index in [0.29, 0.717) is 12.8 Å². The van der Waals surface area contributed by atoms with Gasteiger partial charge in [-0.2, -0.15) is 0 Å². The maximum atomic E-state index is 11.8. The lowest BCUT2D eigenvalue weighted by atomic mass is 10.1. The summed E-state index contributed by atoms with van der Waals surface area (Å²) in [5, 5.41) is 12.4. The molecule has 0 spiro atoms. The second-order valence-corrected chi connectivity index (χ2v) is 11.2. The molecular weight excluding hydrogens is 521 g/mol. The van der Waals surface area contributed by atoms with Crippen molar-refractivity contribution in [2.75, 3.05) is 26.4 Å². The summed E-state index contributed by atoms with van der Waals surface area (Å²) in [6.45, 7) is 3.12. The van der Waals surface area contributed by atoms with Gasteiger partial charge in [0.05, 0.1) is 13.2 Å². The lowest BCUT2D eigenvalue weighted by Gasteiger charge is -2.15. The number of unbranched alkanes of at least 4 members (excludes halogenated alkanes) is 10. The number of esters is 1. The Kier molecular flexibility index (Phi) is 25.7. The molecule has 0 aromatic carbocycles. The number of aliphatic hydroxyl groups excluding tert-OH is 1. The Morgan fingerprint density at radius 3 is 2.05 bits per heavy atom. The Morgan fingerprint density at radius 2 is 1.41 bits per heavy atom. The van der Waals surface area contributed by atoms with Gasteiger partial charge in [0.2, 0.25) is 5.91 Å². The molecule has 9 nitrogen and oxygen atoms in total. The minimum absolute atomic E-state index is 0.0715. The third-order valence-electron chi connectivity index (χ3n) is 5.85. The van der Waals surface area contributed by atoms with Gasteiger partial charge in [0.1, 0.15) is 12.7 Å². The molecule has 0 aromatic rings. The number of carbonyl (C=O) groups excluding carboxylic acids is 2. The summed E-state index contributed by atoms with van der Waals surface area (Å²) >= 11 is 0. The van der Waals surface area contributed by atoms with Crippen LogP contribution in [0.15, 0.2) is 24.3 Å². The van der Waals surface area contributed by atoms with E-state index < -0.39 is 26.5 Å². The van der Waals surface area contributed by atoms with E-state index in [1.54, 1.807) is 0 Å². The topological polar surface area (TPSA) is 131 Å². The highest BCUT2D eigenvalue weighted by Gasteiger charge is 2.23. The summed E-state index contributed by atoms with van der Waals surface area (Å²) in [7, 11) is -4.37. The first-order valence-corrected chi connectivity index (χ1v) is 16.3. The zero-order valence-corrected chi connectivity index (χ0v) is 25.2. The molecule has 0 fully saturated rings. The molecule has 0 aliphatic rings. The van der Waals surface area contributed by atoms with E-state index in [0.717, 1.165) is 38.5 Å². The second-order valence-electron chi connectivity index (χ2n) is 9.72. The van der Waals surface area contributed by atoms with E-state index in [1.165, 1.54) is 44.9 Å². The number of ether oxygens (including phenoxy) is 1. The maximum Gasteiger partial charge on any atom is 0.472 e. The van der Waals surface area contributed by atoms with Crippen molar-refractivity contribution in [2.45, 2.75) is 123 Å². The zero-order valence-electron chi connectivity index (χ0n) is 24.3. The molecule has 0 aliphatic carbocycles. The third-order valence-corrected chi connectivity index (χ3v) is 6.84. The molecule has 39 heavy (non-hydrogen) atoms. The summed E-state index contributed by atoms with van der Waals surface area (Å²) in [4.78, 5) is 32.8. The molecule has 0 saturated heterocycles. The number of allylic oxidation sites excluding steroid dienone is 4. The molecule has 0 aliphatic heterocycles.